The van der Waals surface area contributed by atoms with Crippen molar-refractivity contribution in [3.8, 4) is 0 Å². The highest BCUT2D eigenvalue weighted by Gasteiger charge is 2.35. The number of amides is 1. The van der Waals surface area contributed by atoms with Crippen molar-refractivity contribution in [2.24, 2.45) is 0 Å². The Morgan fingerprint density at radius 1 is 1.45 bits per heavy atom. The molecule has 1 fully saturated rings. The van der Waals surface area contributed by atoms with Crippen LogP contribution in [0.15, 0.2) is 30.3 Å². The number of nitrogens with zero attached hydrogens (tertiary/aromatic N) is 1. The zero-order chi connectivity index (χ0) is 16.3. The Labute approximate surface area is 136 Å². The van der Waals surface area contributed by atoms with E-state index in [0.717, 1.165) is 18.4 Å². The lowest BCUT2D eigenvalue weighted by atomic mass is 10.2. The van der Waals surface area contributed by atoms with Crippen LogP contribution in [-0.4, -0.2) is 43.3 Å². The summed E-state index contributed by atoms with van der Waals surface area (Å²) in [6.45, 7) is 1.78. The second-order valence-electron chi connectivity index (χ2n) is 5.81. The number of hydrogen-bond acceptors (Lipinski definition) is 3. The molecule has 1 saturated carbocycles. The van der Waals surface area contributed by atoms with Gasteiger partial charge in [-0.25, -0.2) is 8.42 Å². The van der Waals surface area contributed by atoms with Crippen LogP contribution in [0.25, 0.3) is 6.08 Å². The molecule has 0 aliphatic heterocycles. The van der Waals surface area contributed by atoms with Gasteiger partial charge in [0.15, 0.2) is 0 Å². The first kappa shape index (κ1) is 17.0. The van der Waals surface area contributed by atoms with Crippen molar-refractivity contribution in [3.05, 3.63) is 40.9 Å². The van der Waals surface area contributed by atoms with E-state index in [1.54, 1.807) is 30.0 Å². The van der Waals surface area contributed by atoms with E-state index in [1.165, 1.54) is 12.3 Å². The maximum Gasteiger partial charge on any atom is 0.247 e. The SMILES string of the molecule is C[C@H](CS(C)(=O)=O)N(C(=O)/C=C\c1cccc(Cl)c1)C1CC1. The second-order valence-corrected chi connectivity index (χ2v) is 8.43. The Morgan fingerprint density at radius 2 is 2.14 bits per heavy atom. The molecule has 1 amide bonds. The predicted octanol–water partition coefficient (Wildman–Crippen LogP) is 2.78. The van der Waals surface area contributed by atoms with E-state index in [0.29, 0.717) is 5.02 Å². The fourth-order valence-corrected chi connectivity index (χ4v) is 3.73. The Morgan fingerprint density at radius 3 is 2.68 bits per heavy atom. The van der Waals surface area contributed by atoms with Gasteiger partial charge < -0.3 is 4.90 Å². The van der Waals surface area contributed by atoms with Crippen molar-refractivity contribution < 1.29 is 13.2 Å². The first-order valence-corrected chi connectivity index (χ1v) is 9.64. The van der Waals surface area contributed by atoms with Crippen LogP contribution >= 0.6 is 11.6 Å². The Kier molecular flexibility index (Phi) is 5.29. The van der Waals surface area contributed by atoms with Gasteiger partial charge in [0.2, 0.25) is 5.91 Å². The number of carbonyl (C=O) groups is 1. The third-order valence-corrected chi connectivity index (χ3v) is 4.80. The van der Waals surface area contributed by atoms with Gasteiger partial charge >= 0.3 is 0 Å². The highest BCUT2D eigenvalue weighted by Crippen LogP contribution is 2.29. The van der Waals surface area contributed by atoms with Crippen LogP contribution in [0.4, 0.5) is 0 Å². The quantitative estimate of drug-likeness (QED) is 0.748. The standard InChI is InChI=1S/C16H20ClNO3S/c1-12(11-22(2,20)21)18(15-7-8-15)16(19)9-6-13-4-3-5-14(17)10-13/h3-6,9-10,12,15H,7-8,11H2,1-2H3/b9-6-/t12-/m1/s1. The number of rotatable bonds is 6. The summed E-state index contributed by atoms with van der Waals surface area (Å²) in [5.41, 5.74) is 0.840. The molecule has 1 aromatic rings. The van der Waals surface area contributed by atoms with Crippen molar-refractivity contribution in [2.45, 2.75) is 31.8 Å². The minimum Gasteiger partial charge on any atom is -0.332 e. The lowest BCUT2D eigenvalue weighted by Gasteiger charge is -2.27. The highest BCUT2D eigenvalue weighted by molar-refractivity contribution is 7.90. The molecular weight excluding hydrogens is 322 g/mol. The van der Waals surface area contributed by atoms with E-state index in [-0.39, 0.29) is 23.7 Å². The van der Waals surface area contributed by atoms with Crippen molar-refractivity contribution in [3.63, 3.8) is 0 Å². The van der Waals surface area contributed by atoms with Gasteiger partial charge in [-0.1, -0.05) is 23.7 Å². The monoisotopic (exact) mass is 341 g/mol. The van der Waals surface area contributed by atoms with Crippen LogP contribution in [0.3, 0.4) is 0 Å². The summed E-state index contributed by atoms with van der Waals surface area (Å²) in [7, 11) is -3.12. The fraction of sp³-hybridized carbons (Fsp3) is 0.438. The first-order chi connectivity index (χ1) is 10.3. The molecule has 120 valence electrons. The van der Waals surface area contributed by atoms with Gasteiger partial charge in [0.1, 0.15) is 9.84 Å². The molecule has 2 rings (SSSR count). The van der Waals surface area contributed by atoms with Gasteiger partial charge in [-0.3, -0.25) is 4.79 Å². The molecule has 0 bridgehead atoms. The Hall–Kier alpha value is -1.33. The van der Waals surface area contributed by atoms with Gasteiger partial charge in [0.25, 0.3) is 0 Å². The number of benzene rings is 1. The van der Waals surface area contributed by atoms with Crippen molar-refractivity contribution in [1.82, 2.24) is 4.90 Å². The molecule has 1 aliphatic carbocycles. The van der Waals surface area contributed by atoms with Crippen LogP contribution in [0.5, 0.6) is 0 Å². The highest BCUT2D eigenvalue weighted by atomic mass is 35.5. The summed E-state index contributed by atoms with van der Waals surface area (Å²) >= 11 is 5.91. The molecule has 0 heterocycles. The number of sulfone groups is 1. The molecule has 1 aliphatic rings. The lowest BCUT2D eigenvalue weighted by Crippen LogP contribution is -2.43. The van der Waals surface area contributed by atoms with E-state index in [4.69, 9.17) is 11.6 Å². The topological polar surface area (TPSA) is 54.5 Å². The van der Waals surface area contributed by atoms with E-state index in [9.17, 15) is 13.2 Å². The molecule has 0 aromatic heterocycles. The Balaban J connectivity index is 2.10. The minimum absolute atomic E-state index is 0.0136. The molecule has 1 aromatic carbocycles. The van der Waals surface area contributed by atoms with Crippen LogP contribution in [0.2, 0.25) is 5.02 Å². The van der Waals surface area contributed by atoms with Crippen molar-refractivity contribution in [2.75, 3.05) is 12.0 Å². The van der Waals surface area contributed by atoms with Crippen molar-refractivity contribution >= 4 is 33.4 Å². The summed E-state index contributed by atoms with van der Waals surface area (Å²) in [6.07, 6.45) is 6.26. The van der Waals surface area contributed by atoms with E-state index < -0.39 is 9.84 Å². The molecule has 22 heavy (non-hydrogen) atoms. The maximum atomic E-state index is 12.4. The molecule has 0 N–H and O–H groups in total. The largest absolute Gasteiger partial charge is 0.332 e. The average Bonchev–Trinajstić information content (AvgIpc) is 3.19. The van der Waals surface area contributed by atoms with Gasteiger partial charge in [-0.15, -0.1) is 0 Å². The Bertz CT molecular complexity index is 680. The predicted molar refractivity (Wildman–Crippen MR) is 89.5 cm³/mol. The molecule has 4 nitrogen and oxygen atoms in total. The van der Waals surface area contributed by atoms with Crippen molar-refractivity contribution in [1.29, 1.82) is 0 Å². The van der Waals surface area contributed by atoms with Crippen LogP contribution in [0.1, 0.15) is 25.3 Å². The van der Waals surface area contributed by atoms with Crippen LogP contribution in [0, 0.1) is 0 Å². The van der Waals surface area contributed by atoms with Gasteiger partial charge in [-0.05, 0) is 43.5 Å². The lowest BCUT2D eigenvalue weighted by molar-refractivity contribution is -0.128. The first-order valence-electron chi connectivity index (χ1n) is 7.20. The molecule has 1 atom stereocenters. The molecule has 0 radical (unpaired) electrons. The average molecular weight is 342 g/mol. The summed E-state index contributed by atoms with van der Waals surface area (Å²) in [6, 6.07) is 7.05. The van der Waals surface area contributed by atoms with E-state index in [2.05, 4.69) is 0 Å². The zero-order valence-corrected chi connectivity index (χ0v) is 14.3. The molecule has 0 unspecified atom stereocenters. The molecule has 0 spiro atoms. The smallest absolute Gasteiger partial charge is 0.247 e. The summed E-state index contributed by atoms with van der Waals surface area (Å²) in [4.78, 5) is 14.1. The number of hydrogen-bond donors (Lipinski definition) is 0. The maximum absolute atomic E-state index is 12.4. The van der Waals surface area contributed by atoms with Crippen LogP contribution < -0.4 is 0 Å². The summed E-state index contributed by atoms with van der Waals surface area (Å²) in [5.74, 6) is -0.168. The third-order valence-electron chi connectivity index (χ3n) is 3.48. The van der Waals surface area contributed by atoms with E-state index >= 15 is 0 Å². The van der Waals surface area contributed by atoms with Gasteiger partial charge in [0, 0.05) is 29.4 Å². The summed E-state index contributed by atoms with van der Waals surface area (Å²) < 4.78 is 22.9. The van der Waals surface area contributed by atoms with Gasteiger partial charge in [-0.2, -0.15) is 0 Å². The number of halogens is 1. The zero-order valence-electron chi connectivity index (χ0n) is 12.7. The third kappa shape index (κ3) is 5.14. The van der Waals surface area contributed by atoms with Crippen LogP contribution in [-0.2, 0) is 14.6 Å². The molecule has 6 heteroatoms. The minimum atomic E-state index is -3.12. The number of carbonyl (C=O) groups excluding carboxylic acids is 1. The normalized spacial score (nSPS) is 16.7. The second kappa shape index (κ2) is 6.84. The summed E-state index contributed by atoms with van der Waals surface area (Å²) in [5, 5.41) is 0.610. The fourth-order valence-electron chi connectivity index (χ4n) is 2.49. The van der Waals surface area contributed by atoms with Gasteiger partial charge in [0.05, 0.1) is 5.75 Å². The van der Waals surface area contributed by atoms with E-state index in [1.807, 2.05) is 12.1 Å². The molecule has 0 saturated heterocycles. The molecular formula is C16H20ClNO3S.